The van der Waals surface area contributed by atoms with Crippen LogP contribution in [0.3, 0.4) is 0 Å². The molecule has 0 aromatic carbocycles. The normalized spacial score (nSPS) is 12.8. The Bertz CT molecular complexity index is 441. The van der Waals surface area contributed by atoms with Crippen LogP contribution < -0.4 is 0 Å². The first kappa shape index (κ1) is 12.6. The minimum atomic E-state index is -0.650. The molecule has 0 spiro atoms. The Kier molecular flexibility index (Phi) is 4.61. The monoisotopic (exact) mass is 271 g/mol. The van der Waals surface area contributed by atoms with Crippen LogP contribution in [-0.4, -0.2) is 33.7 Å². The van der Waals surface area contributed by atoms with Crippen LogP contribution in [0.5, 0.6) is 0 Å². The van der Waals surface area contributed by atoms with Crippen LogP contribution in [-0.2, 0) is 5.75 Å². The van der Waals surface area contributed by atoms with E-state index in [-0.39, 0.29) is 6.61 Å². The van der Waals surface area contributed by atoms with Crippen molar-refractivity contribution in [3.8, 4) is 10.8 Å². The topological polar surface area (TPSA) is 66.5 Å². The molecule has 0 unspecified atom stereocenters. The van der Waals surface area contributed by atoms with E-state index in [9.17, 15) is 5.11 Å². The summed E-state index contributed by atoms with van der Waals surface area (Å²) in [6, 6.07) is 3.72. The van der Waals surface area contributed by atoms with E-state index in [0.717, 1.165) is 22.2 Å². The number of hydrogen-bond donors (Lipinski definition) is 2. The summed E-state index contributed by atoms with van der Waals surface area (Å²) >= 11 is 3.09. The van der Waals surface area contributed by atoms with Gasteiger partial charge in [0.1, 0.15) is 0 Å². The first-order chi connectivity index (χ1) is 8.29. The number of aliphatic hydroxyl groups excluding tert-OH is 2. The minimum Gasteiger partial charge on any atom is -0.462 e. The molecule has 2 N–H and O–H groups in total. The Labute approximate surface area is 107 Å². The first-order valence-corrected chi connectivity index (χ1v) is 7.18. The van der Waals surface area contributed by atoms with Crippen molar-refractivity contribution in [2.75, 3.05) is 12.4 Å². The van der Waals surface area contributed by atoms with Gasteiger partial charge in [-0.15, -0.1) is 11.3 Å². The summed E-state index contributed by atoms with van der Waals surface area (Å²) in [5, 5.41) is 20.7. The molecule has 0 aliphatic heterocycles. The highest BCUT2D eigenvalue weighted by Crippen LogP contribution is 2.25. The molecular formula is C11H13NO3S2. The average molecular weight is 271 g/mol. The molecule has 92 valence electrons. The molecule has 0 bridgehead atoms. The largest absolute Gasteiger partial charge is 0.462 e. The second kappa shape index (κ2) is 6.20. The van der Waals surface area contributed by atoms with E-state index in [2.05, 4.69) is 4.98 Å². The number of aliphatic hydroxyl groups is 2. The van der Waals surface area contributed by atoms with Crippen LogP contribution >= 0.6 is 23.1 Å². The van der Waals surface area contributed by atoms with Gasteiger partial charge < -0.3 is 14.6 Å². The second-order valence-electron chi connectivity index (χ2n) is 3.47. The third kappa shape index (κ3) is 3.57. The summed E-state index contributed by atoms with van der Waals surface area (Å²) in [6.07, 6.45) is 0.978. The van der Waals surface area contributed by atoms with Crippen LogP contribution in [0.1, 0.15) is 5.69 Å². The number of hydrogen-bond acceptors (Lipinski definition) is 6. The zero-order valence-electron chi connectivity index (χ0n) is 9.07. The standard InChI is InChI=1S/C11H13NO3S2/c13-4-9(14)7-16-5-8-6-17-11(12-8)10-2-1-3-15-10/h1-3,6,9,13-14H,4-5,7H2/t9-/m1/s1. The summed E-state index contributed by atoms with van der Waals surface area (Å²) in [7, 11) is 0. The number of rotatable bonds is 6. The van der Waals surface area contributed by atoms with Crippen LogP contribution in [0.15, 0.2) is 28.2 Å². The maximum Gasteiger partial charge on any atom is 0.162 e. The molecule has 0 aliphatic rings. The Balaban J connectivity index is 1.87. The van der Waals surface area contributed by atoms with E-state index in [1.54, 1.807) is 29.4 Å². The lowest BCUT2D eigenvalue weighted by Crippen LogP contribution is -2.14. The van der Waals surface area contributed by atoms with Crippen LogP contribution in [0, 0.1) is 0 Å². The maximum absolute atomic E-state index is 9.19. The highest BCUT2D eigenvalue weighted by Gasteiger charge is 2.08. The lowest BCUT2D eigenvalue weighted by Gasteiger charge is -2.04. The molecule has 0 amide bonds. The molecule has 0 aliphatic carbocycles. The second-order valence-corrected chi connectivity index (χ2v) is 5.36. The summed E-state index contributed by atoms with van der Waals surface area (Å²) in [5.74, 6) is 2.03. The lowest BCUT2D eigenvalue weighted by atomic mass is 10.4. The highest BCUT2D eigenvalue weighted by molar-refractivity contribution is 7.98. The van der Waals surface area contributed by atoms with E-state index < -0.39 is 6.10 Å². The van der Waals surface area contributed by atoms with Gasteiger partial charge in [-0.1, -0.05) is 0 Å². The van der Waals surface area contributed by atoms with Gasteiger partial charge in [0, 0.05) is 16.9 Å². The first-order valence-electron chi connectivity index (χ1n) is 5.14. The molecule has 1 atom stereocenters. The van der Waals surface area contributed by atoms with Crippen molar-refractivity contribution in [3.63, 3.8) is 0 Å². The van der Waals surface area contributed by atoms with Crippen molar-refractivity contribution in [3.05, 3.63) is 29.5 Å². The fourth-order valence-corrected chi connectivity index (χ4v) is 2.98. The van der Waals surface area contributed by atoms with Gasteiger partial charge in [0.15, 0.2) is 10.8 Å². The number of thiazole rings is 1. The fourth-order valence-electron chi connectivity index (χ4n) is 1.24. The van der Waals surface area contributed by atoms with E-state index in [1.165, 1.54) is 0 Å². The minimum absolute atomic E-state index is 0.193. The highest BCUT2D eigenvalue weighted by atomic mass is 32.2. The molecule has 2 rings (SSSR count). The van der Waals surface area contributed by atoms with E-state index in [4.69, 9.17) is 9.52 Å². The van der Waals surface area contributed by atoms with Crippen LogP contribution in [0.2, 0.25) is 0 Å². The molecule has 0 saturated carbocycles. The van der Waals surface area contributed by atoms with Gasteiger partial charge in [-0.3, -0.25) is 0 Å². The third-order valence-electron chi connectivity index (χ3n) is 2.05. The SMILES string of the molecule is OC[C@@H](O)CSCc1csc(-c2ccco2)n1. The lowest BCUT2D eigenvalue weighted by molar-refractivity contribution is 0.113. The van der Waals surface area contributed by atoms with Crippen molar-refractivity contribution in [1.29, 1.82) is 0 Å². The Morgan fingerprint density at radius 2 is 2.41 bits per heavy atom. The quantitative estimate of drug-likeness (QED) is 0.841. The number of nitrogens with zero attached hydrogens (tertiary/aromatic N) is 1. The van der Waals surface area contributed by atoms with Gasteiger partial charge in [0.05, 0.1) is 24.7 Å². The van der Waals surface area contributed by atoms with Crippen molar-refractivity contribution in [1.82, 2.24) is 4.98 Å². The molecule has 2 aromatic heterocycles. The van der Waals surface area contributed by atoms with Gasteiger partial charge in [-0.05, 0) is 12.1 Å². The van der Waals surface area contributed by atoms with Gasteiger partial charge in [-0.25, -0.2) is 4.98 Å². The van der Waals surface area contributed by atoms with E-state index in [1.807, 2.05) is 17.5 Å². The molecule has 17 heavy (non-hydrogen) atoms. The van der Waals surface area contributed by atoms with Crippen molar-refractivity contribution in [2.24, 2.45) is 0 Å². The number of furan rings is 1. The third-order valence-corrected chi connectivity index (χ3v) is 4.08. The van der Waals surface area contributed by atoms with Crippen molar-refractivity contribution >= 4 is 23.1 Å². The molecule has 2 aromatic rings. The van der Waals surface area contributed by atoms with Gasteiger partial charge in [-0.2, -0.15) is 11.8 Å². The fraction of sp³-hybridized carbons (Fsp3) is 0.364. The van der Waals surface area contributed by atoms with Crippen LogP contribution in [0.4, 0.5) is 0 Å². The molecule has 2 heterocycles. The van der Waals surface area contributed by atoms with Crippen molar-refractivity contribution < 1.29 is 14.6 Å². The molecule has 6 heteroatoms. The van der Waals surface area contributed by atoms with Gasteiger partial charge >= 0.3 is 0 Å². The van der Waals surface area contributed by atoms with Crippen LogP contribution in [0.25, 0.3) is 10.8 Å². The molecule has 0 fully saturated rings. The summed E-state index contributed by atoms with van der Waals surface area (Å²) in [6.45, 7) is -0.193. The van der Waals surface area contributed by atoms with Crippen molar-refractivity contribution in [2.45, 2.75) is 11.9 Å². The van der Waals surface area contributed by atoms with E-state index in [0.29, 0.717) is 5.75 Å². The Morgan fingerprint density at radius 3 is 3.12 bits per heavy atom. The number of aromatic nitrogens is 1. The predicted molar refractivity (Wildman–Crippen MR) is 69.1 cm³/mol. The molecule has 4 nitrogen and oxygen atoms in total. The average Bonchev–Trinajstić information content (AvgIpc) is 2.98. The maximum atomic E-state index is 9.19. The zero-order valence-corrected chi connectivity index (χ0v) is 10.7. The predicted octanol–water partition coefficient (Wildman–Crippen LogP) is 1.99. The zero-order chi connectivity index (χ0) is 12.1. The Morgan fingerprint density at radius 1 is 1.53 bits per heavy atom. The summed E-state index contributed by atoms with van der Waals surface area (Å²) in [5.41, 5.74) is 0.969. The summed E-state index contributed by atoms with van der Waals surface area (Å²) in [4.78, 5) is 4.44. The molecule has 0 radical (unpaired) electrons. The smallest absolute Gasteiger partial charge is 0.162 e. The number of thioether (sulfide) groups is 1. The van der Waals surface area contributed by atoms with E-state index >= 15 is 0 Å². The van der Waals surface area contributed by atoms with Gasteiger partial charge in [0.25, 0.3) is 0 Å². The molecular weight excluding hydrogens is 258 g/mol. The summed E-state index contributed by atoms with van der Waals surface area (Å²) < 4.78 is 5.26. The Hall–Kier alpha value is -0.820. The molecule has 0 saturated heterocycles. The van der Waals surface area contributed by atoms with Gasteiger partial charge in [0.2, 0.25) is 0 Å².